The van der Waals surface area contributed by atoms with Crippen LogP contribution in [0.4, 0.5) is 4.79 Å². The highest BCUT2D eigenvalue weighted by Gasteiger charge is 2.15. The highest BCUT2D eigenvalue weighted by atomic mass is 35.5. The number of halogens is 1. The minimum atomic E-state index is -0.781. The van der Waals surface area contributed by atoms with Crippen LogP contribution in [0, 0.1) is 0 Å². The van der Waals surface area contributed by atoms with Crippen molar-refractivity contribution in [2.45, 2.75) is 19.4 Å². The molecule has 2 N–H and O–H groups in total. The molecule has 0 fully saturated rings. The lowest BCUT2D eigenvalue weighted by molar-refractivity contribution is 0.104. The van der Waals surface area contributed by atoms with Crippen LogP contribution in [0.2, 0.25) is 5.02 Å². The van der Waals surface area contributed by atoms with E-state index in [0.29, 0.717) is 11.4 Å². The zero-order valence-corrected chi connectivity index (χ0v) is 8.62. The highest BCUT2D eigenvalue weighted by Crippen LogP contribution is 2.27. The molecule has 0 saturated carbocycles. The number of amides is 1. The Morgan fingerprint density at radius 3 is 2.71 bits per heavy atom. The van der Waals surface area contributed by atoms with Crippen LogP contribution >= 0.6 is 11.6 Å². The van der Waals surface area contributed by atoms with Gasteiger partial charge in [-0.1, -0.05) is 36.7 Å². The summed E-state index contributed by atoms with van der Waals surface area (Å²) in [5.41, 5.74) is 5.74. The number of ether oxygens (including phenoxy) is 1. The van der Waals surface area contributed by atoms with Crippen LogP contribution in [-0.4, -0.2) is 6.09 Å². The van der Waals surface area contributed by atoms with Gasteiger partial charge in [0.05, 0.1) is 0 Å². The molecular weight excluding hydrogens is 202 g/mol. The van der Waals surface area contributed by atoms with E-state index in [0.717, 1.165) is 5.56 Å². The number of benzene rings is 1. The molecule has 0 aromatic heterocycles. The van der Waals surface area contributed by atoms with E-state index in [1.54, 1.807) is 6.07 Å². The molecule has 0 bridgehead atoms. The van der Waals surface area contributed by atoms with E-state index in [1.165, 1.54) is 0 Å². The van der Waals surface area contributed by atoms with Crippen LogP contribution in [0.5, 0.6) is 0 Å². The molecule has 1 aromatic carbocycles. The maximum atomic E-state index is 10.6. The first-order chi connectivity index (χ1) is 6.65. The predicted molar refractivity (Wildman–Crippen MR) is 55.2 cm³/mol. The fourth-order valence-electron chi connectivity index (χ4n) is 1.24. The molecule has 1 amide bonds. The minimum Gasteiger partial charge on any atom is -0.441 e. The van der Waals surface area contributed by atoms with Crippen molar-refractivity contribution in [2.75, 3.05) is 0 Å². The summed E-state index contributed by atoms with van der Waals surface area (Å²) >= 11 is 5.95. The molecule has 14 heavy (non-hydrogen) atoms. The fraction of sp³-hybridized carbons (Fsp3) is 0.300. The molecule has 0 spiro atoms. The first-order valence-electron chi connectivity index (χ1n) is 4.35. The smallest absolute Gasteiger partial charge is 0.405 e. The molecule has 1 rings (SSSR count). The molecule has 0 aliphatic heterocycles. The Morgan fingerprint density at radius 1 is 1.57 bits per heavy atom. The third-order valence-electron chi connectivity index (χ3n) is 1.88. The van der Waals surface area contributed by atoms with Gasteiger partial charge in [0, 0.05) is 10.6 Å². The van der Waals surface area contributed by atoms with Crippen molar-refractivity contribution >= 4 is 17.7 Å². The Morgan fingerprint density at radius 2 is 2.21 bits per heavy atom. The molecule has 1 atom stereocenters. The predicted octanol–water partition coefficient (Wildman–Crippen LogP) is 2.89. The summed E-state index contributed by atoms with van der Waals surface area (Å²) in [6.45, 7) is 1.90. The van der Waals surface area contributed by atoms with Gasteiger partial charge in [-0.25, -0.2) is 4.79 Å². The second kappa shape index (κ2) is 4.86. The minimum absolute atomic E-state index is 0.360. The number of hydrogen-bond donors (Lipinski definition) is 1. The summed E-state index contributed by atoms with van der Waals surface area (Å²) in [6, 6.07) is 7.24. The lowest BCUT2D eigenvalue weighted by Gasteiger charge is -2.15. The van der Waals surface area contributed by atoms with Crippen molar-refractivity contribution in [1.82, 2.24) is 0 Å². The average molecular weight is 214 g/mol. The van der Waals surface area contributed by atoms with E-state index in [2.05, 4.69) is 0 Å². The fourth-order valence-corrected chi connectivity index (χ4v) is 1.50. The molecule has 3 nitrogen and oxygen atoms in total. The third kappa shape index (κ3) is 2.64. The van der Waals surface area contributed by atoms with E-state index in [1.807, 2.05) is 25.1 Å². The van der Waals surface area contributed by atoms with Gasteiger partial charge >= 0.3 is 6.09 Å². The Bertz CT molecular complexity index is 328. The zero-order valence-electron chi connectivity index (χ0n) is 7.87. The third-order valence-corrected chi connectivity index (χ3v) is 2.23. The number of hydrogen-bond acceptors (Lipinski definition) is 2. The number of rotatable bonds is 3. The number of carbonyl (C=O) groups excluding carboxylic acids is 1. The molecule has 0 unspecified atom stereocenters. The largest absolute Gasteiger partial charge is 0.441 e. The van der Waals surface area contributed by atoms with Crippen LogP contribution in [0.1, 0.15) is 25.0 Å². The van der Waals surface area contributed by atoms with Gasteiger partial charge in [-0.2, -0.15) is 0 Å². The summed E-state index contributed by atoms with van der Waals surface area (Å²) in [7, 11) is 0. The lowest BCUT2D eigenvalue weighted by atomic mass is 10.1. The molecule has 1 aromatic rings. The Labute approximate surface area is 87.8 Å². The average Bonchev–Trinajstić information content (AvgIpc) is 2.15. The topological polar surface area (TPSA) is 52.3 Å². The molecule has 0 radical (unpaired) electrons. The monoisotopic (exact) mass is 213 g/mol. The molecule has 0 aliphatic carbocycles. The van der Waals surface area contributed by atoms with Gasteiger partial charge in [0.25, 0.3) is 0 Å². The maximum absolute atomic E-state index is 10.6. The van der Waals surface area contributed by atoms with Gasteiger partial charge < -0.3 is 10.5 Å². The first kappa shape index (κ1) is 10.9. The van der Waals surface area contributed by atoms with Crippen molar-refractivity contribution in [3.8, 4) is 0 Å². The van der Waals surface area contributed by atoms with Crippen LogP contribution in [-0.2, 0) is 4.74 Å². The van der Waals surface area contributed by atoms with Crippen LogP contribution < -0.4 is 5.73 Å². The quantitative estimate of drug-likeness (QED) is 0.840. The first-order valence-corrected chi connectivity index (χ1v) is 4.73. The van der Waals surface area contributed by atoms with Gasteiger partial charge in [-0.15, -0.1) is 0 Å². The van der Waals surface area contributed by atoms with Crippen molar-refractivity contribution in [1.29, 1.82) is 0 Å². The van der Waals surface area contributed by atoms with Gasteiger partial charge in [-0.05, 0) is 12.5 Å². The molecular formula is C10H12ClNO2. The van der Waals surface area contributed by atoms with E-state index in [4.69, 9.17) is 22.1 Å². The molecule has 0 saturated heterocycles. The van der Waals surface area contributed by atoms with Crippen molar-refractivity contribution in [2.24, 2.45) is 5.73 Å². The number of primary amides is 1. The Kier molecular flexibility index (Phi) is 3.77. The van der Waals surface area contributed by atoms with Gasteiger partial charge in [0.2, 0.25) is 0 Å². The van der Waals surface area contributed by atoms with Gasteiger partial charge in [0.1, 0.15) is 6.10 Å². The normalized spacial score (nSPS) is 12.1. The molecule has 0 aliphatic rings. The number of nitrogens with two attached hydrogens (primary N) is 1. The molecule has 76 valence electrons. The second-order valence-corrected chi connectivity index (χ2v) is 3.26. The molecule has 0 heterocycles. The SMILES string of the molecule is CC[C@H](OC(N)=O)c1ccccc1Cl. The van der Waals surface area contributed by atoms with E-state index < -0.39 is 6.09 Å². The summed E-state index contributed by atoms with van der Waals surface area (Å²) in [5, 5.41) is 0.584. The van der Waals surface area contributed by atoms with Crippen molar-refractivity contribution in [3.05, 3.63) is 34.9 Å². The van der Waals surface area contributed by atoms with Crippen LogP contribution in [0.25, 0.3) is 0 Å². The van der Waals surface area contributed by atoms with Crippen LogP contribution in [0.15, 0.2) is 24.3 Å². The number of carbonyl (C=O) groups is 1. The Balaban J connectivity index is 2.89. The van der Waals surface area contributed by atoms with E-state index >= 15 is 0 Å². The van der Waals surface area contributed by atoms with Crippen molar-refractivity contribution < 1.29 is 9.53 Å². The lowest BCUT2D eigenvalue weighted by Crippen LogP contribution is -2.17. The standard InChI is InChI=1S/C10H12ClNO2/c1-2-9(14-10(12)13)7-5-3-4-6-8(7)11/h3-6,9H,2H2,1H3,(H2,12,13)/t9-/m0/s1. The molecule has 4 heteroatoms. The Hall–Kier alpha value is -1.22. The summed E-state index contributed by atoms with van der Waals surface area (Å²) < 4.78 is 4.92. The van der Waals surface area contributed by atoms with Crippen molar-refractivity contribution in [3.63, 3.8) is 0 Å². The summed E-state index contributed by atoms with van der Waals surface area (Å²) in [6.07, 6.45) is -0.495. The van der Waals surface area contributed by atoms with Gasteiger partial charge in [-0.3, -0.25) is 0 Å². The summed E-state index contributed by atoms with van der Waals surface area (Å²) in [5.74, 6) is 0. The van der Waals surface area contributed by atoms with Crippen LogP contribution in [0.3, 0.4) is 0 Å². The van der Waals surface area contributed by atoms with E-state index in [-0.39, 0.29) is 6.10 Å². The van der Waals surface area contributed by atoms with Gasteiger partial charge in [0.15, 0.2) is 0 Å². The highest BCUT2D eigenvalue weighted by molar-refractivity contribution is 6.31. The second-order valence-electron chi connectivity index (χ2n) is 2.86. The maximum Gasteiger partial charge on any atom is 0.405 e. The van der Waals surface area contributed by atoms with E-state index in [9.17, 15) is 4.79 Å². The summed E-state index contributed by atoms with van der Waals surface area (Å²) in [4.78, 5) is 10.6. The zero-order chi connectivity index (χ0) is 10.6.